The summed E-state index contributed by atoms with van der Waals surface area (Å²) in [6, 6.07) is 24.4. The summed E-state index contributed by atoms with van der Waals surface area (Å²) in [6.45, 7) is 5.40. The SMILES string of the molecule is CNCc1ccccc1-c1ccccc1CN(C)C(=O)CCc1c(C)[nH]c(C=C2C(=O)Nc3ccccc32)c1C. The van der Waals surface area contributed by atoms with Crippen molar-refractivity contribution in [3.63, 3.8) is 0 Å². The molecule has 2 heterocycles. The van der Waals surface area contributed by atoms with Gasteiger partial charge in [0.25, 0.3) is 5.91 Å². The molecule has 0 saturated heterocycles. The number of carbonyl (C=O) groups is 2. The average Bonchev–Trinajstić information content (AvgIpc) is 3.42. The average molecular weight is 533 g/mol. The van der Waals surface area contributed by atoms with Gasteiger partial charge in [0, 0.05) is 49.2 Å². The number of para-hydroxylation sites is 1. The maximum absolute atomic E-state index is 13.3. The second-order valence-corrected chi connectivity index (χ2v) is 10.4. The molecule has 2 amide bonds. The van der Waals surface area contributed by atoms with Gasteiger partial charge in [-0.2, -0.15) is 0 Å². The molecule has 1 aromatic heterocycles. The lowest BCUT2D eigenvalue weighted by atomic mass is 9.95. The Balaban J connectivity index is 1.29. The highest BCUT2D eigenvalue weighted by molar-refractivity contribution is 6.34. The minimum Gasteiger partial charge on any atom is -0.359 e. The number of carbonyl (C=O) groups excluding carboxylic acids is 2. The van der Waals surface area contributed by atoms with Gasteiger partial charge in [0.1, 0.15) is 0 Å². The van der Waals surface area contributed by atoms with E-state index in [4.69, 9.17) is 0 Å². The van der Waals surface area contributed by atoms with Gasteiger partial charge < -0.3 is 20.5 Å². The van der Waals surface area contributed by atoms with Gasteiger partial charge in [-0.1, -0.05) is 66.7 Å². The van der Waals surface area contributed by atoms with Crippen LogP contribution in [0.4, 0.5) is 5.69 Å². The Labute approximate surface area is 236 Å². The van der Waals surface area contributed by atoms with Gasteiger partial charge in [-0.25, -0.2) is 0 Å². The third-order valence-electron chi connectivity index (χ3n) is 7.74. The molecule has 1 aliphatic heterocycles. The Hall–Kier alpha value is -4.42. The first-order chi connectivity index (χ1) is 19.4. The summed E-state index contributed by atoms with van der Waals surface area (Å²) in [7, 11) is 3.83. The monoisotopic (exact) mass is 532 g/mol. The second kappa shape index (κ2) is 11.8. The van der Waals surface area contributed by atoms with E-state index in [2.05, 4.69) is 65.0 Å². The minimum absolute atomic E-state index is 0.0972. The van der Waals surface area contributed by atoms with Crippen molar-refractivity contribution in [2.24, 2.45) is 0 Å². The zero-order valence-corrected chi connectivity index (χ0v) is 23.6. The lowest BCUT2D eigenvalue weighted by Gasteiger charge is -2.20. The number of H-pyrrole nitrogens is 1. The van der Waals surface area contributed by atoms with Crippen LogP contribution in [-0.2, 0) is 29.1 Å². The van der Waals surface area contributed by atoms with Crippen molar-refractivity contribution in [1.29, 1.82) is 0 Å². The molecule has 0 fully saturated rings. The van der Waals surface area contributed by atoms with E-state index in [0.29, 0.717) is 25.0 Å². The van der Waals surface area contributed by atoms with Crippen molar-refractivity contribution in [2.75, 3.05) is 19.4 Å². The number of nitrogens with one attached hydrogen (secondary N) is 3. The summed E-state index contributed by atoms with van der Waals surface area (Å²) in [6.07, 6.45) is 2.97. The molecular weight excluding hydrogens is 496 g/mol. The molecule has 0 radical (unpaired) electrons. The Morgan fingerprint density at radius 2 is 1.52 bits per heavy atom. The van der Waals surface area contributed by atoms with E-state index in [1.165, 1.54) is 11.1 Å². The van der Waals surface area contributed by atoms with E-state index in [0.717, 1.165) is 51.4 Å². The van der Waals surface area contributed by atoms with Crippen LogP contribution in [0, 0.1) is 13.8 Å². The Morgan fingerprint density at radius 3 is 2.25 bits per heavy atom. The number of hydrogen-bond donors (Lipinski definition) is 3. The summed E-state index contributed by atoms with van der Waals surface area (Å²) >= 11 is 0. The largest absolute Gasteiger partial charge is 0.359 e. The van der Waals surface area contributed by atoms with E-state index in [-0.39, 0.29) is 11.8 Å². The fraction of sp³-hybridized carbons (Fsp3) is 0.235. The first-order valence-corrected chi connectivity index (χ1v) is 13.7. The van der Waals surface area contributed by atoms with Crippen molar-refractivity contribution in [3.8, 4) is 11.1 Å². The molecule has 3 N–H and O–H groups in total. The Kier molecular flexibility index (Phi) is 7.99. The van der Waals surface area contributed by atoms with Gasteiger partial charge in [0.05, 0.1) is 5.57 Å². The molecule has 0 atom stereocenters. The van der Waals surface area contributed by atoms with Crippen LogP contribution in [0.3, 0.4) is 0 Å². The molecule has 4 aromatic rings. The zero-order valence-electron chi connectivity index (χ0n) is 23.6. The number of aryl methyl sites for hydroxylation is 1. The van der Waals surface area contributed by atoms with Crippen LogP contribution in [0.1, 0.15) is 45.6 Å². The van der Waals surface area contributed by atoms with Crippen molar-refractivity contribution >= 4 is 29.2 Å². The highest BCUT2D eigenvalue weighted by atomic mass is 16.2. The Morgan fingerprint density at radius 1 is 0.900 bits per heavy atom. The third kappa shape index (κ3) is 5.49. The van der Waals surface area contributed by atoms with Crippen LogP contribution in [-0.4, -0.2) is 35.8 Å². The summed E-state index contributed by atoms with van der Waals surface area (Å²) in [5.74, 6) is 0.00221. The molecule has 0 unspecified atom stereocenters. The molecule has 1 aliphatic rings. The molecule has 6 nitrogen and oxygen atoms in total. The lowest BCUT2D eigenvalue weighted by Crippen LogP contribution is -2.26. The van der Waals surface area contributed by atoms with Crippen LogP contribution in [0.5, 0.6) is 0 Å². The van der Waals surface area contributed by atoms with Crippen LogP contribution in [0.15, 0.2) is 72.8 Å². The molecule has 3 aromatic carbocycles. The number of hydrogen-bond acceptors (Lipinski definition) is 3. The number of aromatic amines is 1. The van der Waals surface area contributed by atoms with E-state index < -0.39 is 0 Å². The summed E-state index contributed by atoms with van der Waals surface area (Å²) in [5.41, 5.74) is 11.2. The van der Waals surface area contributed by atoms with Crippen molar-refractivity contribution in [1.82, 2.24) is 15.2 Å². The number of benzene rings is 3. The van der Waals surface area contributed by atoms with Gasteiger partial charge in [-0.15, -0.1) is 0 Å². The summed E-state index contributed by atoms with van der Waals surface area (Å²) < 4.78 is 0. The van der Waals surface area contributed by atoms with E-state index >= 15 is 0 Å². The summed E-state index contributed by atoms with van der Waals surface area (Å²) in [4.78, 5) is 31.1. The molecule has 0 aliphatic carbocycles. The predicted molar refractivity (Wildman–Crippen MR) is 163 cm³/mol. The number of anilines is 1. The van der Waals surface area contributed by atoms with Gasteiger partial charge in [0.2, 0.25) is 5.91 Å². The van der Waals surface area contributed by atoms with Gasteiger partial charge in [-0.05, 0) is 72.8 Å². The normalized spacial score (nSPS) is 13.4. The lowest BCUT2D eigenvalue weighted by molar-refractivity contribution is -0.130. The second-order valence-electron chi connectivity index (χ2n) is 10.4. The fourth-order valence-corrected chi connectivity index (χ4v) is 5.58. The quantitative estimate of drug-likeness (QED) is 0.228. The van der Waals surface area contributed by atoms with E-state index in [1.807, 2.05) is 62.3 Å². The van der Waals surface area contributed by atoms with Gasteiger partial charge in [0.15, 0.2) is 0 Å². The first kappa shape index (κ1) is 27.2. The minimum atomic E-state index is -0.0972. The number of aromatic nitrogens is 1. The van der Waals surface area contributed by atoms with Crippen molar-refractivity contribution in [2.45, 2.75) is 39.8 Å². The third-order valence-corrected chi connectivity index (χ3v) is 7.74. The molecule has 204 valence electrons. The van der Waals surface area contributed by atoms with Crippen LogP contribution >= 0.6 is 0 Å². The van der Waals surface area contributed by atoms with Crippen LogP contribution in [0.25, 0.3) is 22.8 Å². The molecular formula is C34H36N4O2. The number of rotatable bonds is 9. The first-order valence-electron chi connectivity index (χ1n) is 13.7. The van der Waals surface area contributed by atoms with Gasteiger partial charge in [-0.3, -0.25) is 9.59 Å². The highest BCUT2D eigenvalue weighted by Gasteiger charge is 2.24. The van der Waals surface area contributed by atoms with E-state index in [9.17, 15) is 9.59 Å². The van der Waals surface area contributed by atoms with Crippen molar-refractivity contribution < 1.29 is 9.59 Å². The predicted octanol–water partition coefficient (Wildman–Crippen LogP) is 6.10. The molecule has 0 bridgehead atoms. The molecule has 0 spiro atoms. The number of fused-ring (bicyclic) bond motifs is 1. The smallest absolute Gasteiger partial charge is 0.256 e. The standard InChI is InChI=1S/C34H36N4O2/c1-22-26(23(2)36-32(22)19-30-29-15-9-10-16-31(29)37-34(30)40)17-18-33(39)38(4)21-25-12-6-8-14-28(25)27-13-7-5-11-24(27)20-35-3/h5-16,19,35-36H,17-18,20-21H2,1-4H3,(H,37,40). The maximum Gasteiger partial charge on any atom is 0.256 e. The number of nitrogens with zero attached hydrogens (tertiary/aromatic N) is 1. The Bertz CT molecular complexity index is 1600. The zero-order chi connectivity index (χ0) is 28.2. The van der Waals surface area contributed by atoms with Gasteiger partial charge >= 0.3 is 0 Å². The number of amides is 2. The fourth-order valence-electron chi connectivity index (χ4n) is 5.58. The molecule has 0 saturated carbocycles. The molecule has 40 heavy (non-hydrogen) atoms. The molecule has 6 heteroatoms. The highest BCUT2D eigenvalue weighted by Crippen LogP contribution is 2.34. The van der Waals surface area contributed by atoms with Crippen LogP contribution in [0.2, 0.25) is 0 Å². The van der Waals surface area contributed by atoms with Crippen LogP contribution < -0.4 is 10.6 Å². The topological polar surface area (TPSA) is 77.2 Å². The van der Waals surface area contributed by atoms with Crippen molar-refractivity contribution in [3.05, 3.63) is 112 Å². The maximum atomic E-state index is 13.3. The summed E-state index contributed by atoms with van der Waals surface area (Å²) in [5, 5.41) is 6.18. The van der Waals surface area contributed by atoms with E-state index in [1.54, 1.807) is 0 Å². The molecule has 5 rings (SSSR count).